The summed E-state index contributed by atoms with van der Waals surface area (Å²) in [6.45, 7) is 0. The maximum Gasteiger partial charge on any atom is 0.489 e. The average molecular weight is 302 g/mol. The molecule has 3 aromatic carbocycles. The Kier molecular flexibility index (Phi) is 2.43. The largest absolute Gasteiger partial charge is 0.489 e. The lowest BCUT2D eigenvalue weighted by molar-refractivity contribution is 0.426. The number of fused-ring (bicyclic) bond motifs is 7. The van der Waals surface area contributed by atoms with Gasteiger partial charge >= 0.3 is 7.12 Å². The molecule has 4 nitrogen and oxygen atoms in total. The lowest BCUT2D eigenvalue weighted by Gasteiger charge is -2.00. The third-order valence-corrected chi connectivity index (χ3v) is 4.31. The summed E-state index contributed by atoms with van der Waals surface area (Å²) in [6, 6.07) is 16.9. The average Bonchev–Trinajstić information content (AvgIpc) is 3.11. The summed E-state index contributed by atoms with van der Waals surface area (Å²) in [4.78, 5) is 0. The van der Waals surface area contributed by atoms with Gasteiger partial charge in [0.25, 0.3) is 0 Å². The SMILES string of the molecule is OB(O)c1cccc2oc3c(ccc4oc5ccccc5c43)c12. The fourth-order valence-electron chi connectivity index (χ4n) is 3.33. The minimum atomic E-state index is -1.55. The Bertz CT molecular complexity index is 1200. The second-order valence-corrected chi connectivity index (χ2v) is 5.61. The first-order chi connectivity index (χ1) is 11.2. The molecule has 0 fully saturated rings. The van der Waals surface area contributed by atoms with Crippen molar-refractivity contribution in [2.45, 2.75) is 0 Å². The second kappa shape index (κ2) is 4.38. The van der Waals surface area contributed by atoms with Crippen LogP contribution in [-0.2, 0) is 0 Å². The lowest BCUT2D eigenvalue weighted by atomic mass is 9.77. The van der Waals surface area contributed by atoms with Crippen LogP contribution in [0.1, 0.15) is 0 Å². The molecule has 2 heterocycles. The zero-order valence-corrected chi connectivity index (χ0v) is 12.0. The van der Waals surface area contributed by atoms with E-state index in [-0.39, 0.29) is 0 Å². The molecular weight excluding hydrogens is 291 g/mol. The first-order valence-corrected chi connectivity index (χ1v) is 7.35. The number of hydrogen-bond donors (Lipinski definition) is 2. The predicted octanol–water partition coefficient (Wildman–Crippen LogP) is 3.17. The quantitative estimate of drug-likeness (QED) is 0.467. The Morgan fingerprint density at radius 3 is 2.30 bits per heavy atom. The molecule has 2 aromatic heterocycles. The van der Waals surface area contributed by atoms with Crippen molar-refractivity contribution in [1.82, 2.24) is 0 Å². The summed E-state index contributed by atoms with van der Waals surface area (Å²) in [5.41, 5.74) is 3.33. The molecule has 110 valence electrons. The fraction of sp³-hybridized carbons (Fsp3) is 0. The molecule has 0 radical (unpaired) electrons. The van der Waals surface area contributed by atoms with E-state index in [1.807, 2.05) is 42.5 Å². The number of furan rings is 2. The standard InChI is InChI=1S/C18H11BO4/c20-19(21)12-5-3-7-14-16(12)11-8-9-15-17(18(11)23-14)10-4-1-2-6-13(10)22-15/h1-9,20-21H. The van der Waals surface area contributed by atoms with E-state index in [4.69, 9.17) is 8.83 Å². The predicted molar refractivity (Wildman–Crippen MR) is 90.8 cm³/mol. The summed E-state index contributed by atoms with van der Waals surface area (Å²) in [6.07, 6.45) is 0. The Morgan fingerprint density at radius 1 is 0.652 bits per heavy atom. The van der Waals surface area contributed by atoms with E-state index in [0.29, 0.717) is 16.6 Å². The monoisotopic (exact) mass is 302 g/mol. The number of rotatable bonds is 1. The molecule has 0 unspecified atom stereocenters. The van der Waals surface area contributed by atoms with Crippen LogP contribution in [0.15, 0.2) is 63.4 Å². The van der Waals surface area contributed by atoms with Gasteiger partial charge in [-0.25, -0.2) is 0 Å². The Balaban J connectivity index is 2.06. The van der Waals surface area contributed by atoms with Crippen LogP contribution >= 0.6 is 0 Å². The van der Waals surface area contributed by atoms with Gasteiger partial charge in [0.15, 0.2) is 0 Å². The maximum atomic E-state index is 9.64. The zero-order valence-electron chi connectivity index (χ0n) is 12.0. The molecular formula is C18H11BO4. The van der Waals surface area contributed by atoms with Crippen molar-refractivity contribution in [3.05, 3.63) is 54.6 Å². The third-order valence-electron chi connectivity index (χ3n) is 4.31. The highest BCUT2D eigenvalue weighted by Crippen LogP contribution is 2.38. The topological polar surface area (TPSA) is 66.7 Å². The summed E-state index contributed by atoms with van der Waals surface area (Å²) in [7, 11) is -1.55. The van der Waals surface area contributed by atoms with Crippen molar-refractivity contribution in [1.29, 1.82) is 0 Å². The van der Waals surface area contributed by atoms with E-state index in [2.05, 4.69) is 0 Å². The van der Waals surface area contributed by atoms with E-state index >= 15 is 0 Å². The van der Waals surface area contributed by atoms with Crippen LogP contribution < -0.4 is 5.46 Å². The molecule has 0 aliphatic rings. The van der Waals surface area contributed by atoms with Crippen molar-refractivity contribution in [2.75, 3.05) is 0 Å². The van der Waals surface area contributed by atoms with Gasteiger partial charge in [-0.3, -0.25) is 0 Å². The Labute approximate surface area is 130 Å². The van der Waals surface area contributed by atoms with Crippen molar-refractivity contribution in [3.8, 4) is 0 Å². The van der Waals surface area contributed by atoms with Crippen molar-refractivity contribution >= 4 is 56.5 Å². The van der Waals surface area contributed by atoms with Crippen LogP contribution in [0.5, 0.6) is 0 Å². The molecule has 5 rings (SSSR count). The normalized spacial score (nSPS) is 11.9. The van der Waals surface area contributed by atoms with Gasteiger partial charge in [-0.15, -0.1) is 0 Å². The minimum Gasteiger partial charge on any atom is -0.456 e. The second-order valence-electron chi connectivity index (χ2n) is 5.61. The smallest absolute Gasteiger partial charge is 0.456 e. The third kappa shape index (κ3) is 1.63. The van der Waals surface area contributed by atoms with Crippen LogP contribution in [0.25, 0.3) is 43.9 Å². The van der Waals surface area contributed by atoms with Crippen molar-refractivity contribution in [3.63, 3.8) is 0 Å². The molecule has 0 saturated heterocycles. The lowest BCUT2D eigenvalue weighted by Crippen LogP contribution is -2.30. The van der Waals surface area contributed by atoms with Gasteiger partial charge in [0.1, 0.15) is 22.3 Å². The molecule has 5 heteroatoms. The van der Waals surface area contributed by atoms with Gasteiger partial charge in [-0.1, -0.05) is 30.3 Å². The van der Waals surface area contributed by atoms with Crippen molar-refractivity contribution in [2.24, 2.45) is 0 Å². The van der Waals surface area contributed by atoms with Crippen molar-refractivity contribution < 1.29 is 18.9 Å². The molecule has 0 aliphatic carbocycles. The van der Waals surface area contributed by atoms with Gasteiger partial charge in [-0.2, -0.15) is 0 Å². The first-order valence-electron chi connectivity index (χ1n) is 7.35. The summed E-state index contributed by atoms with van der Waals surface area (Å²) < 4.78 is 11.9. The summed E-state index contributed by atoms with van der Waals surface area (Å²) >= 11 is 0. The number of hydrogen-bond acceptors (Lipinski definition) is 4. The molecule has 0 aliphatic heterocycles. The minimum absolute atomic E-state index is 0.438. The van der Waals surface area contributed by atoms with Gasteiger partial charge < -0.3 is 18.9 Å². The highest BCUT2D eigenvalue weighted by Gasteiger charge is 2.21. The Hall–Kier alpha value is -2.76. The molecule has 2 N–H and O–H groups in total. The first kappa shape index (κ1) is 12.8. The van der Waals surface area contributed by atoms with Crippen LogP contribution in [0.4, 0.5) is 0 Å². The van der Waals surface area contributed by atoms with Crippen LogP contribution in [-0.4, -0.2) is 17.2 Å². The fourth-order valence-corrected chi connectivity index (χ4v) is 3.33. The zero-order chi connectivity index (χ0) is 15.6. The molecule has 0 amide bonds. The molecule has 23 heavy (non-hydrogen) atoms. The van der Waals surface area contributed by atoms with Gasteiger partial charge in [-0.05, 0) is 29.7 Å². The molecule has 0 bridgehead atoms. The van der Waals surface area contributed by atoms with Crippen LogP contribution in [0.3, 0.4) is 0 Å². The van der Waals surface area contributed by atoms with E-state index in [0.717, 1.165) is 32.7 Å². The van der Waals surface area contributed by atoms with Gasteiger partial charge in [0, 0.05) is 16.2 Å². The van der Waals surface area contributed by atoms with E-state index in [9.17, 15) is 10.0 Å². The molecule has 5 aromatic rings. The molecule has 0 spiro atoms. The van der Waals surface area contributed by atoms with E-state index in [1.165, 1.54) is 0 Å². The summed E-state index contributed by atoms with van der Waals surface area (Å²) in [5, 5.41) is 22.8. The van der Waals surface area contributed by atoms with Crippen LogP contribution in [0.2, 0.25) is 0 Å². The summed E-state index contributed by atoms with van der Waals surface area (Å²) in [5.74, 6) is 0. The molecule has 0 atom stereocenters. The van der Waals surface area contributed by atoms with E-state index in [1.54, 1.807) is 12.1 Å². The number of benzene rings is 3. The van der Waals surface area contributed by atoms with E-state index < -0.39 is 7.12 Å². The van der Waals surface area contributed by atoms with Gasteiger partial charge in [0.2, 0.25) is 0 Å². The molecule has 0 saturated carbocycles. The highest BCUT2D eigenvalue weighted by molar-refractivity contribution is 6.63. The maximum absolute atomic E-state index is 9.64. The van der Waals surface area contributed by atoms with Crippen LogP contribution in [0, 0.1) is 0 Å². The van der Waals surface area contributed by atoms with Gasteiger partial charge in [0.05, 0.1) is 5.39 Å². The highest BCUT2D eigenvalue weighted by atomic mass is 16.4. The Morgan fingerprint density at radius 2 is 1.43 bits per heavy atom. The number of para-hydroxylation sites is 1.